The summed E-state index contributed by atoms with van der Waals surface area (Å²) in [6.45, 7) is 0. The number of rotatable bonds is 2. The Labute approximate surface area is 114 Å². The number of fused-ring (bicyclic) bond motifs is 1. The molecule has 0 radical (unpaired) electrons. The molecule has 5 heteroatoms. The fraction of sp³-hybridized carbons (Fsp3) is 0. The Kier molecular flexibility index (Phi) is 2.70. The highest BCUT2D eigenvalue weighted by Crippen LogP contribution is 2.25. The molecule has 96 valence electrons. The highest BCUT2D eigenvalue weighted by Gasteiger charge is 2.15. The Hall–Kier alpha value is -3.13. The van der Waals surface area contributed by atoms with Crippen molar-refractivity contribution in [2.45, 2.75) is 0 Å². The maximum absolute atomic E-state index is 11.2. The lowest BCUT2D eigenvalue weighted by atomic mass is 10.1. The summed E-state index contributed by atoms with van der Waals surface area (Å²) in [7, 11) is 0. The van der Waals surface area contributed by atoms with Gasteiger partial charge in [-0.1, -0.05) is 24.3 Å². The van der Waals surface area contributed by atoms with Crippen LogP contribution in [-0.2, 0) is 0 Å². The summed E-state index contributed by atoms with van der Waals surface area (Å²) in [5.41, 5.74) is 2.38. The minimum atomic E-state index is -1.01. The molecule has 5 nitrogen and oxygen atoms in total. The molecule has 0 bridgehead atoms. The van der Waals surface area contributed by atoms with Crippen molar-refractivity contribution >= 4 is 17.0 Å². The van der Waals surface area contributed by atoms with E-state index in [0.717, 1.165) is 0 Å². The average Bonchev–Trinajstić information content (AvgIpc) is 2.90. The molecule has 0 amide bonds. The predicted molar refractivity (Wildman–Crippen MR) is 73.2 cm³/mol. The van der Waals surface area contributed by atoms with E-state index in [9.17, 15) is 9.90 Å². The van der Waals surface area contributed by atoms with Crippen LogP contribution >= 0.6 is 0 Å². The molecule has 3 rings (SSSR count). The normalized spacial score (nSPS) is 10.3. The average molecular weight is 263 g/mol. The van der Waals surface area contributed by atoms with Crippen LogP contribution in [0.4, 0.5) is 0 Å². The van der Waals surface area contributed by atoms with Crippen LogP contribution < -0.4 is 0 Å². The number of nitriles is 1. The molecule has 20 heavy (non-hydrogen) atoms. The van der Waals surface area contributed by atoms with Crippen LogP contribution in [0.1, 0.15) is 15.9 Å². The maximum atomic E-state index is 11.2. The molecular formula is C15H9N3O2. The molecule has 0 spiro atoms. The molecule has 0 saturated heterocycles. The lowest BCUT2D eigenvalue weighted by Crippen LogP contribution is -1.99. The van der Waals surface area contributed by atoms with E-state index in [1.54, 1.807) is 36.4 Å². The number of hydrogen-bond acceptors (Lipinski definition) is 3. The fourth-order valence-corrected chi connectivity index (χ4v) is 2.13. The quantitative estimate of drug-likeness (QED) is 0.743. The SMILES string of the molecule is N#Cc1cccc2[nH]c(-c3ccccc3C(=O)O)nc12. The number of carboxylic acids is 1. The first kappa shape index (κ1) is 11.9. The van der Waals surface area contributed by atoms with Crippen molar-refractivity contribution in [3.05, 3.63) is 53.6 Å². The maximum Gasteiger partial charge on any atom is 0.336 e. The number of carboxylic acid groups (broad SMARTS) is 1. The third kappa shape index (κ3) is 1.80. The number of carbonyl (C=O) groups is 1. The van der Waals surface area contributed by atoms with Gasteiger partial charge in [0.1, 0.15) is 17.4 Å². The zero-order valence-corrected chi connectivity index (χ0v) is 10.3. The number of benzene rings is 2. The van der Waals surface area contributed by atoms with Crippen molar-refractivity contribution in [2.24, 2.45) is 0 Å². The van der Waals surface area contributed by atoms with Crippen molar-refractivity contribution in [1.29, 1.82) is 5.26 Å². The second-order valence-electron chi connectivity index (χ2n) is 4.25. The minimum Gasteiger partial charge on any atom is -0.478 e. The summed E-state index contributed by atoms with van der Waals surface area (Å²) in [6.07, 6.45) is 0. The van der Waals surface area contributed by atoms with Gasteiger partial charge in [0.05, 0.1) is 16.6 Å². The van der Waals surface area contributed by atoms with Gasteiger partial charge in [-0.15, -0.1) is 0 Å². The molecule has 0 aliphatic carbocycles. The summed E-state index contributed by atoms with van der Waals surface area (Å²) < 4.78 is 0. The highest BCUT2D eigenvalue weighted by molar-refractivity contribution is 5.96. The van der Waals surface area contributed by atoms with Crippen LogP contribution in [0, 0.1) is 11.3 Å². The van der Waals surface area contributed by atoms with Gasteiger partial charge in [0.25, 0.3) is 0 Å². The number of hydrogen-bond donors (Lipinski definition) is 2. The lowest BCUT2D eigenvalue weighted by Gasteiger charge is -2.01. The Morgan fingerprint density at radius 3 is 2.75 bits per heavy atom. The van der Waals surface area contributed by atoms with Gasteiger partial charge in [-0.05, 0) is 18.2 Å². The number of aromatic carboxylic acids is 1. The van der Waals surface area contributed by atoms with Gasteiger partial charge in [-0.3, -0.25) is 0 Å². The lowest BCUT2D eigenvalue weighted by molar-refractivity contribution is 0.0697. The third-order valence-corrected chi connectivity index (χ3v) is 3.05. The van der Waals surface area contributed by atoms with Gasteiger partial charge >= 0.3 is 5.97 Å². The van der Waals surface area contributed by atoms with Crippen LogP contribution in [-0.4, -0.2) is 21.0 Å². The van der Waals surface area contributed by atoms with E-state index in [4.69, 9.17) is 5.26 Å². The van der Waals surface area contributed by atoms with Crippen molar-refractivity contribution in [1.82, 2.24) is 9.97 Å². The number of nitrogens with one attached hydrogen (secondary N) is 1. The number of nitrogens with zero attached hydrogens (tertiary/aromatic N) is 2. The molecular weight excluding hydrogens is 254 g/mol. The third-order valence-electron chi connectivity index (χ3n) is 3.05. The van der Waals surface area contributed by atoms with Crippen molar-refractivity contribution < 1.29 is 9.90 Å². The first-order valence-electron chi connectivity index (χ1n) is 5.92. The second-order valence-corrected chi connectivity index (χ2v) is 4.25. The van der Waals surface area contributed by atoms with Gasteiger partial charge in [0.2, 0.25) is 0 Å². The molecule has 1 heterocycles. The molecule has 0 fully saturated rings. The minimum absolute atomic E-state index is 0.171. The second kappa shape index (κ2) is 4.52. The first-order valence-corrected chi connectivity index (χ1v) is 5.92. The van der Waals surface area contributed by atoms with E-state index in [0.29, 0.717) is 28.0 Å². The number of H-pyrrole nitrogens is 1. The number of imidazole rings is 1. The number of aromatic amines is 1. The monoisotopic (exact) mass is 263 g/mol. The smallest absolute Gasteiger partial charge is 0.336 e. The van der Waals surface area contributed by atoms with Crippen molar-refractivity contribution in [2.75, 3.05) is 0 Å². The van der Waals surface area contributed by atoms with Gasteiger partial charge < -0.3 is 10.1 Å². The Morgan fingerprint density at radius 1 is 1.20 bits per heavy atom. The van der Waals surface area contributed by atoms with Crippen LogP contribution in [0.25, 0.3) is 22.4 Å². The fourth-order valence-electron chi connectivity index (χ4n) is 2.13. The topological polar surface area (TPSA) is 89.8 Å². The molecule has 0 aliphatic rings. The molecule has 0 unspecified atom stereocenters. The van der Waals surface area contributed by atoms with E-state index in [1.807, 2.05) is 0 Å². The Morgan fingerprint density at radius 2 is 2.00 bits per heavy atom. The van der Waals surface area contributed by atoms with E-state index >= 15 is 0 Å². The van der Waals surface area contributed by atoms with Gasteiger partial charge in [-0.2, -0.15) is 5.26 Å². The molecule has 0 aliphatic heterocycles. The zero-order chi connectivity index (χ0) is 14.1. The number of aromatic nitrogens is 2. The number of para-hydroxylation sites is 1. The van der Waals surface area contributed by atoms with Crippen molar-refractivity contribution in [3.63, 3.8) is 0 Å². The molecule has 0 saturated carbocycles. The van der Waals surface area contributed by atoms with Gasteiger partial charge in [-0.25, -0.2) is 9.78 Å². The molecule has 2 N–H and O–H groups in total. The van der Waals surface area contributed by atoms with Gasteiger partial charge in [0, 0.05) is 5.56 Å². The van der Waals surface area contributed by atoms with Crippen LogP contribution in [0.3, 0.4) is 0 Å². The summed E-state index contributed by atoms with van der Waals surface area (Å²) >= 11 is 0. The molecule has 1 aromatic heterocycles. The van der Waals surface area contributed by atoms with Crippen LogP contribution in [0.15, 0.2) is 42.5 Å². The summed E-state index contributed by atoms with van der Waals surface area (Å²) in [6, 6.07) is 13.9. The summed E-state index contributed by atoms with van der Waals surface area (Å²) in [5, 5.41) is 18.3. The van der Waals surface area contributed by atoms with E-state index in [2.05, 4.69) is 16.0 Å². The van der Waals surface area contributed by atoms with Gasteiger partial charge in [0.15, 0.2) is 0 Å². The largest absolute Gasteiger partial charge is 0.478 e. The van der Waals surface area contributed by atoms with Crippen molar-refractivity contribution in [3.8, 4) is 17.5 Å². The molecule has 2 aromatic carbocycles. The van der Waals surface area contributed by atoms with E-state index in [1.165, 1.54) is 6.07 Å². The Bertz CT molecular complexity index is 859. The standard InChI is InChI=1S/C15H9N3O2/c16-8-9-4-3-7-12-13(9)18-14(17-12)10-5-1-2-6-11(10)15(19)20/h1-7H,(H,17,18)(H,19,20). The predicted octanol–water partition coefficient (Wildman–Crippen LogP) is 2.80. The summed E-state index contributed by atoms with van der Waals surface area (Å²) in [5.74, 6) is -0.567. The van der Waals surface area contributed by atoms with E-state index in [-0.39, 0.29) is 5.56 Å². The first-order chi connectivity index (χ1) is 9.70. The molecule has 0 atom stereocenters. The zero-order valence-electron chi connectivity index (χ0n) is 10.3. The highest BCUT2D eigenvalue weighted by atomic mass is 16.4. The Balaban J connectivity index is 2.27. The molecule has 3 aromatic rings. The van der Waals surface area contributed by atoms with Crippen LogP contribution in [0.2, 0.25) is 0 Å². The van der Waals surface area contributed by atoms with Crippen LogP contribution in [0.5, 0.6) is 0 Å². The summed E-state index contributed by atoms with van der Waals surface area (Å²) in [4.78, 5) is 18.7. The van der Waals surface area contributed by atoms with E-state index < -0.39 is 5.97 Å².